The van der Waals surface area contributed by atoms with Crippen LogP contribution in [0.5, 0.6) is 11.5 Å². The molecule has 3 aromatic rings. The minimum Gasteiger partial charge on any atom is -0.501 e. The predicted molar refractivity (Wildman–Crippen MR) is 158 cm³/mol. The molecule has 1 aliphatic heterocycles. The minimum absolute atomic E-state index is 0.146. The number of rotatable bonds is 8. The van der Waals surface area contributed by atoms with Gasteiger partial charge in [-0.2, -0.15) is 0 Å². The van der Waals surface area contributed by atoms with Gasteiger partial charge in [0.15, 0.2) is 4.80 Å². The molecule has 0 amide bonds. The van der Waals surface area contributed by atoms with E-state index in [1.54, 1.807) is 53.8 Å². The van der Waals surface area contributed by atoms with Gasteiger partial charge in [0, 0.05) is 16.1 Å². The Morgan fingerprint density at radius 2 is 2.08 bits per heavy atom. The molecule has 4 rings (SSSR count). The molecule has 39 heavy (non-hydrogen) atoms. The van der Waals surface area contributed by atoms with Crippen LogP contribution >= 0.6 is 49.9 Å². The van der Waals surface area contributed by atoms with Crippen LogP contribution in [0.1, 0.15) is 43.9 Å². The van der Waals surface area contributed by atoms with Crippen molar-refractivity contribution in [1.82, 2.24) is 4.57 Å². The lowest BCUT2D eigenvalue weighted by Gasteiger charge is -2.27. The molecule has 2 heterocycles. The van der Waals surface area contributed by atoms with Gasteiger partial charge < -0.3 is 14.6 Å². The predicted octanol–water partition coefficient (Wildman–Crippen LogP) is 4.57. The SMILES string of the molecule is CCCC1=C(C(=O)OCC)[C@@H](c2cc(Br)ccc2OC)n2c(s/c(=C/c3cc(I)c(O)c([N+](=O)[O-])c3)c2=O)=N1. The Labute approximate surface area is 248 Å². The maximum Gasteiger partial charge on any atom is 0.338 e. The van der Waals surface area contributed by atoms with E-state index in [2.05, 4.69) is 15.9 Å². The molecule has 204 valence electrons. The molecule has 0 saturated heterocycles. The molecule has 1 N–H and O–H groups in total. The maximum atomic E-state index is 13.9. The molecular formula is C26H23BrIN3O7S. The van der Waals surface area contributed by atoms with E-state index in [1.807, 2.05) is 6.92 Å². The molecule has 13 heteroatoms. The fourth-order valence-corrected chi connectivity index (χ4v) is 6.35. The number of carbonyl (C=O) groups excluding carboxylic acids is 1. The zero-order valence-electron chi connectivity index (χ0n) is 21.1. The summed E-state index contributed by atoms with van der Waals surface area (Å²) in [6, 6.07) is 7.20. The van der Waals surface area contributed by atoms with Crippen molar-refractivity contribution in [3.8, 4) is 11.5 Å². The third-order valence-electron chi connectivity index (χ3n) is 5.94. The number of ether oxygens (including phenoxy) is 2. The van der Waals surface area contributed by atoms with Crippen LogP contribution in [0.25, 0.3) is 6.08 Å². The molecule has 0 spiro atoms. The Morgan fingerprint density at radius 1 is 1.33 bits per heavy atom. The van der Waals surface area contributed by atoms with Crippen molar-refractivity contribution in [1.29, 1.82) is 0 Å². The lowest BCUT2D eigenvalue weighted by molar-refractivity contribution is -0.386. The average molecular weight is 728 g/mol. The second kappa shape index (κ2) is 12.0. The molecule has 1 aromatic heterocycles. The number of halogens is 2. The van der Waals surface area contributed by atoms with Crippen LogP contribution in [0.15, 0.2) is 55.9 Å². The van der Waals surface area contributed by atoms with Crippen LogP contribution in [-0.4, -0.2) is 34.3 Å². The van der Waals surface area contributed by atoms with Gasteiger partial charge in [0.25, 0.3) is 5.56 Å². The van der Waals surface area contributed by atoms with E-state index in [9.17, 15) is 24.8 Å². The normalized spacial score (nSPS) is 15.1. The molecule has 1 aliphatic rings. The number of benzene rings is 2. The molecular weight excluding hydrogens is 705 g/mol. The van der Waals surface area contributed by atoms with E-state index in [0.717, 1.165) is 15.8 Å². The van der Waals surface area contributed by atoms with Crippen LogP contribution in [0.3, 0.4) is 0 Å². The summed E-state index contributed by atoms with van der Waals surface area (Å²) in [6.45, 7) is 3.82. The topological polar surface area (TPSA) is 133 Å². The Kier molecular flexibility index (Phi) is 8.91. The number of methoxy groups -OCH3 is 1. The summed E-state index contributed by atoms with van der Waals surface area (Å²) in [6.07, 6.45) is 2.70. The molecule has 0 bridgehead atoms. The Bertz CT molecular complexity index is 1700. The van der Waals surface area contributed by atoms with Gasteiger partial charge in [0.1, 0.15) is 11.8 Å². The number of nitrogens with zero attached hydrogens (tertiary/aromatic N) is 3. The highest BCUT2D eigenvalue weighted by atomic mass is 127. The van der Waals surface area contributed by atoms with Crippen molar-refractivity contribution in [2.45, 2.75) is 32.7 Å². The Morgan fingerprint density at radius 3 is 2.72 bits per heavy atom. The fraction of sp³-hybridized carbons (Fsp3) is 0.269. The molecule has 1 atom stereocenters. The number of hydrogen-bond acceptors (Lipinski definition) is 9. The Hall–Kier alpha value is -3.04. The van der Waals surface area contributed by atoms with E-state index in [4.69, 9.17) is 14.5 Å². The zero-order valence-corrected chi connectivity index (χ0v) is 25.6. The first kappa shape index (κ1) is 29.0. The number of fused-ring (bicyclic) bond motifs is 1. The van der Waals surface area contributed by atoms with Gasteiger partial charge in [-0.15, -0.1) is 0 Å². The van der Waals surface area contributed by atoms with Crippen molar-refractivity contribution >= 4 is 67.6 Å². The number of hydrogen-bond donors (Lipinski definition) is 1. The van der Waals surface area contributed by atoms with Crippen molar-refractivity contribution < 1.29 is 24.3 Å². The second-order valence-corrected chi connectivity index (χ2v) is 11.5. The first-order valence-corrected chi connectivity index (χ1v) is 14.5. The third-order valence-corrected chi connectivity index (χ3v) is 8.24. The first-order chi connectivity index (χ1) is 18.6. The number of phenolic OH excluding ortho intramolecular Hbond substituents is 1. The van der Waals surface area contributed by atoms with Crippen molar-refractivity contribution in [2.24, 2.45) is 4.99 Å². The molecule has 0 fully saturated rings. The van der Waals surface area contributed by atoms with E-state index < -0.39 is 33.9 Å². The van der Waals surface area contributed by atoms with Gasteiger partial charge >= 0.3 is 11.7 Å². The van der Waals surface area contributed by atoms with Gasteiger partial charge in [0.2, 0.25) is 5.75 Å². The summed E-state index contributed by atoms with van der Waals surface area (Å²) in [5, 5.41) is 21.5. The number of phenols is 1. The van der Waals surface area contributed by atoms with Gasteiger partial charge in [-0.1, -0.05) is 40.6 Å². The monoisotopic (exact) mass is 727 g/mol. The van der Waals surface area contributed by atoms with E-state index in [0.29, 0.717) is 40.2 Å². The lowest BCUT2D eigenvalue weighted by Crippen LogP contribution is -2.40. The van der Waals surface area contributed by atoms with Crippen molar-refractivity contribution in [2.75, 3.05) is 13.7 Å². The van der Waals surface area contributed by atoms with E-state index >= 15 is 0 Å². The highest BCUT2D eigenvalue weighted by Crippen LogP contribution is 2.38. The molecule has 0 unspecified atom stereocenters. The van der Waals surface area contributed by atoms with Gasteiger partial charge in [-0.3, -0.25) is 19.5 Å². The first-order valence-electron chi connectivity index (χ1n) is 11.8. The molecule has 2 aromatic carbocycles. The van der Waals surface area contributed by atoms with Gasteiger partial charge in [-0.05, 0) is 71.8 Å². The van der Waals surface area contributed by atoms with Crippen molar-refractivity contribution in [3.63, 3.8) is 0 Å². The third kappa shape index (κ3) is 5.65. The molecule has 0 saturated carbocycles. The van der Waals surface area contributed by atoms with Gasteiger partial charge in [0.05, 0.1) is 38.0 Å². The van der Waals surface area contributed by atoms with Crippen LogP contribution in [0, 0.1) is 13.7 Å². The number of aromatic nitrogens is 1. The van der Waals surface area contributed by atoms with E-state index in [1.165, 1.54) is 23.8 Å². The number of esters is 1. The summed E-state index contributed by atoms with van der Waals surface area (Å²) < 4.78 is 13.7. The number of allylic oxidation sites excluding steroid dienone is 1. The van der Waals surface area contributed by atoms with Gasteiger partial charge in [-0.25, -0.2) is 9.79 Å². The summed E-state index contributed by atoms with van der Waals surface area (Å²) >= 11 is 6.39. The largest absolute Gasteiger partial charge is 0.501 e. The quantitative estimate of drug-likeness (QED) is 0.156. The van der Waals surface area contributed by atoms with Crippen LogP contribution < -0.4 is 19.6 Å². The minimum atomic E-state index is -0.884. The summed E-state index contributed by atoms with van der Waals surface area (Å²) in [4.78, 5) is 43.1. The van der Waals surface area contributed by atoms with Crippen LogP contribution in [-0.2, 0) is 9.53 Å². The highest BCUT2D eigenvalue weighted by molar-refractivity contribution is 14.1. The average Bonchev–Trinajstić information content (AvgIpc) is 3.19. The summed E-state index contributed by atoms with van der Waals surface area (Å²) in [5.74, 6) is -0.542. The molecule has 0 radical (unpaired) electrons. The van der Waals surface area contributed by atoms with Crippen molar-refractivity contribution in [3.05, 3.63) is 90.6 Å². The number of aromatic hydroxyl groups is 1. The molecule has 10 nitrogen and oxygen atoms in total. The standard InChI is InChI=1S/C26H23BrIN3O7S/c1-4-6-17-21(25(34)38-5-2)22(15-12-14(27)7-8-19(15)37-3)30-24(33)20(39-26(30)29-17)11-13-9-16(28)23(32)18(10-13)31(35)36/h7-12,22,32H,4-6H2,1-3H3/b20-11+/t22-/m1/s1. The number of nitro groups is 1. The van der Waals surface area contributed by atoms with E-state index in [-0.39, 0.29) is 20.3 Å². The Balaban J connectivity index is 2.06. The number of thiazole rings is 1. The van der Waals surface area contributed by atoms with Crippen LogP contribution in [0.4, 0.5) is 5.69 Å². The number of carbonyl (C=O) groups is 1. The molecule has 0 aliphatic carbocycles. The smallest absolute Gasteiger partial charge is 0.338 e. The summed E-state index contributed by atoms with van der Waals surface area (Å²) in [5.41, 5.74) is 0.806. The number of nitro benzene ring substituents is 1. The fourth-order valence-electron chi connectivity index (χ4n) is 4.31. The second-order valence-electron chi connectivity index (χ2n) is 8.43. The zero-order chi connectivity index (χ0) is 28.4. The maximum absolute atomic E-state index is 13.9. The van der Waals surface area contributed by atoms with Crippen LogP contribution in [0.2, 0.25) is 0 Å². The highest BCUT2D eigenvalue weighted by Gasteiger charge is 2.36. The summed E-state index contributed by atoms with van der Waals surface area (Å²) in [7, 11) is 1.51. The lowest BCUT2D eigenvalue weighted by atomic mass is 9.93.